The number of rotatable bonds is 2. The summed E-state index contributed by atoms with van der Waals surface area (Å²) in [5.41, 5.74) is 2.66. The number of carbonyl (C=O) groups is 2. The molecule has 1 aromatic carbocycles. The SMILES string of the molecule is COc1ccc2c(c1)N(C)CC(C1=NCCN1)C2.O=C(O)C(=O)O. The van der Waals surface area contributed by atoms with Gasteiger partial charge in [-0.1, -0.05) is 6.07 Å². The van der Waals surface area contributed by atoms with Crippen molar-refractivity contribution in [2.75, 3.05) is 38.7 Å². The quantitative estimate of drug-likeness (QED) is 0.673. The molecule has 0 aliphatic carbocycles. The summed E-state index contributed by atoms with van der Waals surface area (Å²) < 4.78 is 5.29. The Balaban J connectivity index is 0.000000301. The molecule has 24 heavy (non-hydrogen) atoms. The predicted molar refractivity (Wildman–Crippen MR) is 89.0 cm³/mol. The number of anilines is 1. The molecule has 2 aliphatic heterocycles. The third-order valence-corrected chi connectivity index (χ3v) is 3.93. The Morgan fingerprint density at radius 2 is 2.04 bits per heavy atom. The molecule has 1 unspecified atom stereocenters. The van der Waals surface area contributed by atoms with E-state index in [0.717, 1.165) is 31.8 Å². The number of fused-ring (bicyclic) bond motifs is 1. The zero-order valence-electron chi connectivity index (χ0n) is 13.7. The van der Waals surface area contributed by atoms with E-state index in [0.29, 0.717) is 5.92 Å². The molecule has 0 radical (unpaired) electrons. The molecule has 8 nitrogen and oxygen atoms in total. The summed E-state index contributed by atoms with van der Waals surface area (Å²) in [6, 6.07) is 6.33. The van der Waals surface area contributed by atoms with Gasteiger partial charge in [0, 0.05) is 37.8 Å². The summed E-state index contributed by atoms with van der Waals surface area (Å²) in [6.45, 7) is 2.93. The van der Waals surface area contributed by atoms with E-state index in [9.17, 15) is 0 Å². The monoisotopic (exact) mass is 335 g/mol. The lowest BCUT2D eigenvalue weighted by molar-refractivity contribution is -0.159. The van der Waals surface area contributed by atoms with Crippen molar-refractivity contribution in [1.82, 2.24) is 5.32 Å². The van der Waals surface area contributed by atoms with Crippen molar-refractivity contribution in [1.29, 1.82) is 0 Å². The van der Waals surface area contributed by atoms with Gasteiger partial charge in [-0.3, -0.25) is 4.99 Å². The molecule has 0 spiro atoms. The van der Waals surface area contributed by atoms with Crippen LogP contribution in [0, 0.1) is 5.92 Å². The Morgan fingerprint density at radius 1 is 1.33 bits per heavy atom. The van der Waals surface area contributed by atoms with E-state index in [1.54, 1.807) is 7.11 Å². The first-order valence-corrected chi connectivity index (χ1v) is 7.55. The summed E-state index contributed by atoms with van der Waals surface area (Å²) in [6.07, 6.45) is 1.06. The van der Waals surface area contributed by atoms with Gasteiger partial charge >= 0.3 is 11.9 Å². The molecule has 0 bridgehead atoms. The van der Waals surface area contributed by atoms with Crippen LogP contribution in [0.4, 0.5) is 5.69 Å². The van der Waals surface area contributed by atoms with Crippen molar-refractivity contribution in [3.63, 3.8) is 0 Å². The number of amidine groups is 1. The Bertz CT molecular complexity index is 647. The van der Waals surface area contributed by atoms with Crippen molar-refractivity contribution in [3.8, 4) is 5.75 Å². The zero-order valence-corrected chi connectivity index (χ0v) is 13.7. The van der Waals surface area contributed by atoms with Gasteiger partial charge in [-0.2, -0.15) is 0 Å². The molecule has 8 heteroatoms. The second-order valence-corrected chi connectivity index (χ2v) is 5.58. The molecule has 0 fully saturated rings. The maximum atomic E-state index is 9.10. The van der Waals surface area contributed by atoms with Crippen molar-refractivity contribution in [3.05, 3.63) is 23.8 Å². The van der Waals surface area contributed by atoms with Crippen molar-refractivity contribution >= 4 is 23.5 Å². The molecule has 2 heterocycles. The molecular formula is C16H21N3O5. The van der Waals surface area contributed by atoms with E-state index in [1.165, 1.54) is 17.1 Å². The number of hydrogen-bond donors (Lipinski definition) is 3. The van der Waals surface area contributed by atoms with Gasteiger partial charge in [-0.05, 0) is 18.1 Å². The van der Waals surface area contributed by atoms with Crippen molar-refractivity contribution in [2.24, 2.45) is 10.9 Å². The summed E-state index contributed by atoms with van der Waals surface area (Å²) in [4.78, 5) is 25.1. The number of carboxylic acids is 2. The van der Waals surface area contributed by atoms with Crippen LogP contribution < -0.4 is 15.0 Å². The van der Waals surface area contributed by atoms with Crippen molar-refractivity contribution < 1.29 is 24.5 Å². The number of benzene rings is 1. The summed E-state index contributed by atoms with van der Waals surface area (Å²) in [5.74, 6) is -1.04. The van der Waals surface area contributed by atoms with E-state index in [1.807, 2.05) is 6.07 Å². The second kappa shape index (κ2) is 7.67. The van der Waals surface area contributed by atoms with Gasteiger partial charge in [0.25, 0.3) is 0 Å². The molecule has 3 rings (SSSR count). The maximum Gasteiger partial charge on any atom is 0.414 e. The Hall–Kier alpha value is -2.77. The Labute approximate surface area is 139 Å². The molecule has 0 amide bonds. The van der Waals surface area contributed by atoms with Gasteiger partial charge in [0.1, 0.15) is 11.6 Å². The van der Waals surface area contributed by atoms with E-state index < -0.39 is 11.9 Å². The van der Waals surface area contributed by atoms with Gasteiger partial charge in [0.2, 0.25) is 0 Å². The van der Waals surface area contributed by atoms with Crippen LogP contribution in [0.1, 0.15) is 5.56 Å². The summed E-state index contributed by atoms with van der Waals surface area (Å²) in [7, 11) is 3.85. The first-order valence-electron chi connectivity index (χ1n) is 7.55. The van der Waals surface area contributed by atoms with E-state index in [2.05, 4.69) is 34.4 Å². The van der Waals surface area contributed by atoms with E-state index in [-0.39, 0.29) is 0 Å². The van der Waals surface area contributed by atoms with E-state index in [4.69, 9.17) is 24.5 Å². The standard InChI is InChI=1S/C14H19N3O.C2H2O4/c1-17-9-11(14-15-5-6-16-14)7-10-3-4-12(18-2)8-13(10)17;3-1(4)2(5)6/h3-4,8,11H,5-7,9H2,1-2H3,(H,15,16);(H,3,4)(H,5,6). The molecule has 0 aromatic heterocycles. The van der Waals surface area contributed by atoms with E-state index >= 15 is 0 Å². The fraction of sp³-hybridized carbons (Fsp3) is 0.438. The molecule has 3 N–H and O–H groups in total. The average molecular weight is 335 g/mol. The second-order valence-electron chi connectivity index (χ2n) is 5.58. The molecule has 1 aromatic rings. The van der Waals surface area contributed by atoms with Gasteiger partial charge in [0.05, 0.1) is 13.7 Å². The van der Waals surface area contributed by atoms with Crippen molar-refractivity contribution in [2.45, 2.75) is 6.42 Å². The third-order valence-electron chi connectivity index (χ3n) is 3.93. The lowest BCUT2D eigenvalue weighted by Crippen LogP contribution is -2.40. The zero-order chi connectivity index (χ0) is 17.7. The first kappa shape index (κ1) is 17.6. The van der Waals surface area contributed by atoms with Crippen LogP contribution >= 0.6 is 0 Å². The number of carboxylic acid groups (broad SMARTS) is 2. The number of aliphatic carboxylic acids is 2. The molecule has 130 valence electrons. The normalized spacial score (nSPS) is 18.5. The fourth-order valence-electron chi connectivity index (χ4n) is 2.83. The highest BCUT2D eigenvalue weighted by Crippen LogP contribution is 2.32. The van der Waals surface area contributed by atoms with Crippen LogP contribution in [0.2, 0.25) is 0 Å². The van der Waals surface area contributed by atoms with Crippen LogP contribution in [-0.4, -0.2) is 61.8 Å². The van der Waals surface area contributed by atoms with Crippen LogP contribution in [0.25, 0.3) is 0 Å². The lowest BCUT2D eigenvalue weighted by atomic mass is 9.91. The van der Waals surface area contributed by atoms with Crippen LogP contribution in [0.3, 0.4) is 0 Å². The van der Waals surface area contributed by atoms with Gasteiger partial charge < -0.3 is 25.2 Å². The minimum Gasteiger partial charge on any atom is -0.497 e. The Kier molecular flexibility index (Phi) is 5.62. The highest BCUT2D eigenvalue weighted by Gasteiger charge is 2.27. The number of aliphatic imine (C=N–C) groups is 1. The maximum absolute atomic E-state index is 9.10. The number of hydrogen-bond acceptors (Lipinski definition) is 6. The van der Waals surface area contributed by atoms with Crippen LogP contribution in [-0.2, 0) is 16.0 Å². The highest BCUT2D eigenvalue weighted by atomic mass is 16.5. The summed E-state index contributed by atoms with van der Waals surface area (Å²) in [5, 5.41) is 18.2. The first-order chi connectivity index (χ1) is 11.4. The number of nitrogens with one attached hydrogen (secondary N) is 1. The molecule has 0 saturated heterocycles. The lowest BCUT2D eigenvalue weighted by Gasteiger charge is -2.33. The largest absolute Gasteiger partial charge is 0.497 e. The van der Waals surface area contributed by atoms with Gasteiger partial charge in [-0.15, -0.1) is 0 Å². The third kappa shape index (κ3) is 4.15. The average Bonchev–Trinajstić information content (AvgIpc) is 3.09. The smallest absolute Gasteiger partial charge is 0.414 e. The minimum atomic E-state index is -1.82. The van der Waals surface area contributed by atoms with Crippen LogP contribution in [0.15, 0.2) is 23.2 Å². The number of methoxy groups -OCH3 is 1. The molecular weight excluding hydrogens is 314 g/mol. The molecule has 0 saturated carbocycles. The molecule has 2 aliphatic rings. The number of ether oxygens (including phenoxy) is 1. The summed E-state index contributed by atoms with van der Waals surface area (Å²) >= 11 is 0. The predicted octanol–water partition coefficient (Wildman–Crippen LogP) is 0.461. The fourth-order valence-corrected chi connectivity index (χ4v) is 2.83. The highest BCUT2D eigenvalue weighted by molar-refractivity contribution is 6.27. The molecule has 1 atom stereocenters. The van der Waals surface area contributed by atoms with Crippen LogP contribution in [0.5, 0.6) is 5.75 Å². The minimum absolute atomic E-state index is 0.499. The van der Waals surface area contributed by atoms with Gasteiger partial charge in [-0.25, -0.2) is 9.59 Å². The van der Waals surface area contributed by atoms with Gasteiger partial charge in [0.15, 0.2) is 0 Å². The number of nitrogens with zero attached hydrogens (tertiary/aromatic N) is 2. The Morgan fingerprint density at radius 3 is 2.58 bits per heavy atom. The topological polar surface area (TPSA) is 111 Å².